The van der Waals surface area contributed by atoms with Crippen LogP contribution in [0.4, 0.5) is 0 Å². The molecule has 1 atom stereocenters. The standard InChI is InChI=1S/C16H13N5O2S2/c1-16(2)8(5-17)13(22)21-15(9(16)6-18)25-7-11-19-10-3-4-24-12(10)14(23)20-11/h3-4,8H,7H2,1-2H3,(H,21,22)(H,19,20,23)/t8-/m0/s1. The first-order valence-corrected chi connectivity index (χ1v) is 9.19. The number of carbonyl (C=O) groups excluding carboxylic acids is 1. The number of nitrogens with one attached hydrogen (secondary N) is 2. The van der Waals surface area contributed by atoms with Crippen molar-refractivity contribution in [1.82, 2.24) is 15.3 Å². The lowest BCUT2D eigenvalue weighted by Crippen LogP contribution is -2.44. The number of hydrogen-bond donors (Lipinski definition) is 2. The lowest BCUT2D eigenvalue weighted by molar-refractivity contribution is -0.125. The van der Waals surface area contributed by atoms with Gasteiger partial charge in [0.25, 0.3) is 5.56 Å². The number of aromatic amines is 1. The molecule has 9 heteroatoms. The number of rotatable bonds is 3. The Morgan fingerprint density at radius 1 is 1.40 bits per heavy atom. The van der Waals surface area contributed by atoms with E-state index in [-0.39, 0.29) is 11.3 Å². The van der Waals surface area contributed by atoms with Gasteiger partial charge in [0.05, 0.1) is 34.0 Å². The predicted molar refractivity (Wildman–Crippen MR) is 95.2 cm³/mol. The summed E-state index contributed by atoms with van der Waals surface area (Å²) >= 11 is 2.53. The highest BCUT2D eigenvalue weighted by Crippen LogP contribution is 2.42. The molecule has 0 saturated carbocycles. The Morgan fingerprint density at radius 2 is 2.16 bits per heavy atom. The Morgan fingerprint density at radius 3 is 2.84 bits per heavy atom. The highest BCUT2D eigenvalue weighted by molar-refractivity contribution is 8.02. The average molecular weight is 371 g/mol. The van der Waals surface area contributed by atoms with Gasteiger partial charge in [-0.2, -0.15) is 10.5 Å². The Balaban J connectivity index is 1.92. The van der Waals surface area contributed by atoms with Gasteiger partial charge >= 0.3 is 0 Å². The first-order chi connectivity index (χ1) is 11.9. The van der Waals surface area contributed by atoms with Crippen LogP contribution in [0.3, 0.4) is 0 Å². The monoisotopic (exact) mass is 371 g/mol. The number of allylic oxidation sites excluding steroid dienone is 1. The molecular weight excluding hydrogens is 358 g/mol. The van der Waals surface area contributed by atoms with Crippen molar-refractivity contribution in [2.45, 2.75) is 19.6 Å². The summed E-state index contributed by atoms with van der Waals surface area (Å²) in [4.78, 5) is 31.3. The first kappa shape index (κ1) is 17.2. The van der Waals surface area contributed by atoms with Crippen molar-refractivity contribution in [2.24, 2.45) is 11.3 Å². The third-order valence-electron chi connectivity index (χ3n) is 4.05. The lowest BCUT2D eigenvalue weighted by atomic mass is 9.72. The summed E-state index contributed by atoms with van der Waals surface area (Å²) in [7, 11) is 0. The number of thiophene rings is 1. The summed E-state index contributed by atoms with van der Waals surface area (Å²) in [6, 6.07) is 5.84. The van der Waals surface area contributed by atoms with Crippen LogP contribution >= 0.6 is 23.1 Å². The second-order valence-electron chi connectivity index (χ2n) is 6.03. The fourth-order valence-corrected chi connectivity index (χ4v) is 4.43. The van der Waals surface area contributed by atoms with Gasteiger partial charge < -0.3 is 10.3 Å². The third kappa shape index (κ3) is 2.93. The summed E-state index contributed by atoms with van der Waals surface area (Å²) in [6.45, 7) is 3.41. The van der Waals surface area contributed by atoms with Gasteiger partial charge in [-0.3, -0.25) is 9.59 Å². The van der Waals surface area contributed by atoms with Crippen LogP contribution in [0.15, 0.2) is 26.8 Å². The van der Waals surface area contributed by atoms with Gasteiger partial charge in [0.2, 0.25) is 5.91 Å². The summed E-state index contributed by atoms with van der Waals surface area (Å²) < 4.78 is 0.564. The van der Waals surface area contributed by atoms with Crippen LogP contribution in [-0.4, -0.2) is 15.9 Å². The molecule has 1 amide bonds. The van der Waals surface area contributed by atoms with Gasteiger partial charge in [-0.15, -0.1) is 11.3 Å². The van der Waals surface area contributed by atoms with E-state index in [4.69, 9.17) is 0 Å². The van der Waals surface area contributed by atoms with Crippen LogP contribution in [0.25, 0.3) is 10.2 Å². The second kappa shape index (κ2) is 6.36. The summed E-state index contributed by atoms with van der Waals surface area (Å²) in [6.07, 6.45) is 0. The van der Waals surface area contributed by atoms with E-state index >= 15 is 0 Å². The van der Waals surface area contributed by atoms with E-state index in [1.54, 1.807) is 25.3 Å². The summed E-state index contributed by atoms with van der Waals surface area (Å²) in [5.74, 6) is -0.606. The molecule has 0 radical (unpaired) electrons. The van der Waals surface area contributed by atoms with E-state index in [0.717, 1.165) is 0 Å². The zero-order valence-electron chi connectivity index (χ0n) is 13.4. The van der Waals surface area contributed by atoms with Crippen molar-refractivity contribution in [1.29, 1.82) is 10.5 Å². The number of amides is 1. The number of hydrogen-bond acceptors (Lipinski definition) is 7. The van der Waals surface area contributed by atoms with Crippen LogP contribution in [0, 0.1) is 34.0 Å². The number of thioether (sulfide) groups is 1. The molecule has 0 fully saturated rings. The fraction of sp³-hybridized carbons (Fsp3) is 0.312. The number of carbonyl (C=O) groups is 1. The zero-order valence-corrected chi connectivity index (χ0v) is 15.0. The Hall–Kier alpha value is -2.62. The van der Waals surface area contributed by atoms with Gasteiger partial charge in [0, 0.05) is 5.41 Å². The lowest BCUT2D eigenvalue weighted by Gasteiger charge is -2.34. The molecule has 2 aromatic heterocycles. The van der Waals surface area contributed by atoms with Crippen molar-refractivity contribution < 1.29 is 4.79 Å². The molecule has 0 bridgehead atoms. The highest BCUT2D eigenvalue weighted by Gasteiger charge is 2.44. The van der Waals surface area contributed by atoms with Crippen LogP contribution in [0.2, 0.25) is 0 Å². The molecule has 126 valence electrons. The topological polar surface area (TPSA) is 122 Å². The molecular formula is C16H13N5O2S2. The molecule has 3 rings (SSSR count). The minimum Gasteiger partial charge on any atom is -0.319 e. The van der Waals surface area contributed by atoms with E-state index in [9.17, 15) is 20.1 Å². The van der Waals surface area contributed by atoms with Gasteiger partial charge in [0.1, 0.15) is 16.4 Å². The Bertz CT molecular complexity index is 1040. The predicted octanol–water partition coefficient (Wildman–Crippen LogP) is 2.25. The van der Waals surface area contributed by atoms with Crippen LogP contribution in [0.1, 0.15) is 19.7 Å². The zero-order chi connectivity index (χ0) is 18.2. The van der Waals surface area contributed by atoms with Gasteiger partial charge in [0.15, 0.2) is 0 Å². The van der Waals surface area contributed by atoms with Gasteiger partial charge in [-0.1, -0.05) is 25.6 Å². The number of aromatic nitrogens is 2. The molecule has 1 aliphatic rings. The number of fused-ring (bicyclic) bond motifs is 1. The van der Waals surface area contributed by atoms with E-state index < -0.39 is 17.2 Å². The van der Waals surface area contributed by atoms with Crippen LogP contribution in [-0.2, 0) is 10.5 Å². The van der Waals surface area contributed by atoms with Crippen LogP contribution in [0.5, 0.6) is 0 Å². The van der Waals surface area contributed by atoms with E-state index in [1.165, 1.54) is 23.1 Å². The van der Waals surface area contributed by atoms with Crippen molar-refractivity contribution in [3.05, 3.63) is 38.2 Å². The molecule has 2 N–H and O–H groups in total. The quantitative estimate of drug-likeness (QED) is 0.853. The molecule has 0 saturated heterocycles. The minimum atomic E-state index is -0.924. The molecule has 25 heavy (non-hydrogen) atoms. The molecule has 1 aliphatic heterocycles. The van der Waals surface area contributed by atoms with Crippen molar-refractivity contribution in [3.8, 4) is 12.1 Å². The van der Waals surface area contributed by atoms with E-state index in [0.29, 0.717) is 26.6 Å². The van der Waals surface area contributed by atoms with Gasteiger partial charge in [-0.05, 0) is 11.4 Å². The molecule has 3 heterocycles. The van der Waals surface area contributed by atoms with E-state index in [2.05, 4.69) is 21.4 Å². The van der Waals surface area contributed by atoms with E-state index in [1.807, 2.05) is 6.07 Å². The minimum absolute atomic E-state index is 0.206. The van der Waals surface area contributed by atoms with Crippen molar-refractivity contribution in [3.63, 3.8) is 0 Å². The van der Waals surface area contributed by atoms with Gasteiger partial charge in [-0.25, -0.2) is 4.98 Å². The van der Waals surface area contributed by atoms with Crippen molar-refractivity contribution >= 4 is 39.2 Å². The third-order valence-corrected chi connectivity index (χ3v) is 5.97. The molecule has 0 aromatic carbocycles. The molecule has 0 unspecified atom stereocenters. The normalized spacial score (nSPS) is 19.4. The highest BCUT2D eigenvalue weighted by atomic mass is 32.2. The van der Waals surface area contributed by atoms with Crippen LogP contribution < -0.4 is 10.9 Å². The molecule has 7 nitrogen and oxygen atoms in total. The number of nitriles is 2. The SMILES string of the molecule is CC1(C)C(C#N)=C(SCc2nc3ccsc3c(=O)[nH]2)NC(=O)[C@@H]1C#N. The maximum absolute atomic E-state index is 12.2. The first-order valence-electron chi connectivity index (χ1n) is 7.33. The maximum Gasteiger partial charge on any atom is 0.268 e. The number of H-pyrrole nitrogens is 1. The second-order valence-corrected chi connectivity index (χ2v) is 7.93. The molecule has 2 aromatic rings. The smallest absolute Gasteiger partial charge is 0.268 e. The maximum atomic E-state index is 12.2. The summed E-state index contributed by atoms with van der Waals surface area (Å²) in [5, 5.41) is 23.5. The molecule has 0 spiro atoms. The number of nitrogens with zero attached hydrogens (tertiary/aromatic N) is 3. The average Bonchev–Trinajstić information content (AvgIpc) is 3.01. The largest absolute Gasteiger partial charge is 0.319 e. The Kier molecular flexibility index (Phi) is 4.38. The van der Waals surface area contributed by atoms with Crippen molar-refractivity contribution in [2.75, 3.05) is 0 Å². The molecule has 0 aliphatic carbocycles. The summed E-state index contributed by atoms with van der Waals surface area (Å²) in [5.41, 5.74) is -0.117. The fourth-order valence-electron chi connectivity index (χ4n) is 2.66. The Labute approximate surface area is 151 Å².